The van der Waals surface area contributed by atoms with Crippen molar-refractivity contribution in [2.75, 3.05) is 11.5 Å². The van der Waals surface area contributed by atoms with Crippen molar-refractivity contribution in [1.82, 2.24) is 15.2 Å². The molecule has 0 bridgehead atoms. The van der Waals surface area contributed by atoms with Gasteiger partial charge in [-0.25, -0.2) is 4.98 Å². The highest BCUT2D eigenvalue weighted by Crippen LogP contribution is 2.32. The van der Waals surface area contributed by atoms with Crippen LogP contribution in [-0.4, -0.2) is 32.0 Å². The summed E-state index contributed by atoms with van der Waals surface area (Å²) in [6, 6.07) is 12.9. The number of aliphatic carboxylic acids is 1. The number of carboxylic acids is 1. The normalized spacial score (nSPS) is 11.0. The fraction of sp³-hybridized carbons (Fsp3) is 0.0556. The molecule has 0 saturated carbocycles. The molecule has 4 aromatic rings. The van der Waals surface area contributed by atoms with E-state index in [2.05, 4.69) is 25.3 Å². The minimum atomic E-state index is -0.932. The average Bonchev–Trinajstić information content (AvgIpc) is 3.30. The maximum absolute atomic E-state index is 11.2. The number of fused-ring (bicyclic) bond motifs is 1. The number of hydrogen-bond acceptors (Lipinski definition) is 6. The number of benzene rings is 2. The number of carbonyl (C=O) groups is 1. The topological polar surface area (TPSA) is 151 Å². The van der Waals surface area contributed by atoms with E-state index in [1.807, 2.05) is 30.3 Å². The van der Waals surface area contributed by atoms with Crippen molar-refractivity contribution >= 4 is 40.1 Å². The molecule has 2 heterocycles. The van der Waals surface area contributed by atoms with Crippen molar-refractivity contribution in [1.29, 1.82) is 0 Å². The lowest BCUT2D eigenvalue weighted by Gasteiger charge is -2.05. The molecule has 0 saturated heterocycles. The number of aromatic nitrogens is 4. The van der Waals surface area contributed by atoms with Gasteiger partial charge >= 0.3 is 11.1 Å². The summed E-state index contributed by atoms with van der Waals surface area (Å²) in [4.78, 5) is 28.0. The lowest BCUT2D eigenvalue weighted by atomic mass is 10.0. The van der Waals surface area contributed by atoms with Crippen LogP contribution in [0.15, 0.2) is 52.8 Å². The number of carboxylic acid groups (broad SMARTS) is 1. The van der Waals surface area contributed by atoms with Crippen LogP contribution in [-0.2, 0) is 4.79 Å². The monoisotopic (exact) mass is 395 g/mol. The van der Waals surface area contributed by atoms with E-state index in [4.69, 9.17) is 10.8 Å². The van der Waals surface area contributed by atoms with E-state index in [0.717, 1.165) is 33.8 Å². The van der Waals surface area contributed by atoms with Crippen LogP contribution in [0.25, 0.3) is 33.4 Å². The highest BCUT2D eigenvalue weighted by atomic mass is 32.2. The molecular weight excluding hydrogens is 380 g/mol. The number of nitrogens with zero attached hydrogens (tertiary/aromatic N) is 2. The number of anilines is 1. The van der Waals surface area contributed by atoms with Gasteiger partial charge in [0.1, 0.15) is 17.3 Å². The summed E-state index contributed by atoms with van der Waals surface area (Å²) in [6.45, 7) is 0. The van der Waals surface area contributed by atoms with Crippen LogP contribution >= 0.6 is 11.8 Å². The minimum absolute atomic E-state index is 0.109. The lowest BCUT2D eigenvalue weighted by molar-refractivity contribution is -0.414. The fourth-order valence-corrected chi connectivity index (χ4v) is 3.46. The second-order valence-electron chi connectivity index (χ2n) is 6.10. The Kier molecular flexibility index (Phi) is 4.53. The second-order valence-corrected chi connectivity index (χ2v) is 7.06. The highest BCUT2D eigenvalue weighted by molar-refractivity contribution is 7.99. The number of H-pyrrole nitrogens is 3. The first-order chi connectivity index (χ1) is 13.5. The largest absolute Gasteiger partial charge is 0.481 e. The quantitative estimate of drug-likeness (QED) is 0.291. The van der Waals surface area contributed by atoms with E-state index in [-0.39, 0.29) is 11.4 Å². The molecule has 2 aromatic carbocycles. The standard InChI is InChI=1S/C18H14N6O3S/c19-15-7-11-3-9(1-2-14(11)20-15)10-4-12(6-13(5-10)24-27)17-21-18(23-22-17)28-8-16(25)26/h1-7,20H,8,19H2,(H,25,26)(H,21,22,23)/p+1. The van der Waals surface area contributed by atoms with Gasteiger partial charge in [0.05, 0.1) is 10.7 Å². The molecule has 10 heteroatoms. The van der Waals surface area contributed by atoms with Gasteiger partial charge in [-0.1, -0.05) is 6.07 Å². The maximum atomic E-state index is 11.2. The van der Waals surface area contributed by atoms with Gasteiger partial charge in [0.2, 0.25) is 0 Å². The van der Waals surface area contributed by atoms with Gasteiger partial charge in [0.15, 0.2) is 0 Å². The Morgan fingerprint density at radius 2 is 2.00 bits per heavy atom. The van der Waals surface area contributed by atoms with Gasteiger partial charge in [-0.3, -0.25) is 4.79 Å². The molecule has 0 spiro atoms. The van der Waals surface area contributed by atoms with Crippen molar-refractivity contribution in [2.45, 2.75) is 5.16 Å². The number of nitrogen functional groups attached to an aromatic ring is 1. The summed E-state index contributed by atoms with van der Waals surface area (Å²) in [6.07, 6.45) is 0. The van der Waals surface area contributed by atoms with Crippen LogP contribution in [0.2, 0.25) is 0 Å². The summed E-state index contributed by atoms with van der Waals surface area (Å²) in [5.74, 6) is 0.0845. The van der Waals surface area contributed by atoms with E-state index < -0.39 is 5.97 Å². The number of aromatic amines is 3. The molecule has 0 atom stereocenters. The zero-order chi connectivity index (χ0) is 19.7. The van der Waals surface area contributed by atoms with Crippen LogP contribution in [0, 0.1) is 4.91 Å². The van der Waals surface area contributed by atoms with E-state index in [9.17, 15) is 9.70 Å². The van der Waals surface area contributed by atoms with Gasteiger partial charge in [0.25, 0.3) is 5.82 Å². The number of thioether (sulfide) groups is 1. The smallest absolute Gasteiger partial charge is 0.335 e. The summed E-state index contributed by atoms with van der Waals surface area (Å²) in [5, 5.41) is 20.1. The van der Waals surface area contributed by atoms with E-state index in [0.29, 0.717) is 22.4 Å². The third-order valence-corrected chi connectivity index (χ3v) is 4.98. The predicted molar refractivity (Wildman–Crippen MR) is 106 cm³/mol. The molecule has 140 valence electrons. The van der Waals surface area contributed by atoms with Crippen LogP contribution in [0.3, 0.4) is 0 Å². The number of rotatable bonds is 6. The SMILES string of the molecule is Nc1cc2cc(-c3cc(N=O)cc(-c4[nH]nc(SCC(=O)O)[nH+]4)c3)ccc2[nH]1. The Labute approximate surface area is 162 Å². The molecule has 28 heavy (non-hydrogen) atoms. The molecule has 2 aromatic heterocycles. The molecule has 4 rings (SSSR count). The van der Waals surface area contributed by atoms with Crippen molar-refractivity contribution in [3.05, 3.63) is 47.4 Å². The Morgan fingerprint density at radius 3 is 2.79 bits per heavy atom. The molecule has 0 aliphatic carbocycles. The second kappa shape index (κ2) is 7.16. The Hall–Kier alpha value is -3.66. The van der Waals surface area contributed by atoms with Gasteiger partial charge in [-0.05, 0) is 64.5 Å². The number of nitroso groups, excluding NO2 is 1. The average molecular weight is 395 g/mol. The predicted octanol–water partition coefficient (Wildman–Crippen LogP) is 3.20. The van der Waals surface area contributed by atoms with Crippen molar-refractivity contribution < 1.29 is 14.9 Å². The first kappa shape index (κ1) is 17.7. The third kappa shape index (κ3) is 3.58. The van der Waals surface area contributed by atoms with Crippen LogP contribution in [0.4, 0.5) is 11.5 Å². The molecule has 0 aliphatic rings. The number of nitrogens with one attached hydrogen (secondary N) is 3. The van der Waals surface area contributed by atoms with E-state index >= 15 is 0 Å². The molecule has 0 unspecified atom stereocenters. The molecule has 0 radical (unpaired) electrons. The van der Waals surface area contributed by atoms with Gasteiger partial charge in [-0.2, -0.15) is 0 Å². The fourth-order valence-electron chi connectivity index (χ4n) is 2.91. The van der Waals surface area contributed by atoms with E-state index in [1.165, 1.54) is 0 Å². The van der Waals surface area contributed by atoms with Crippen molar-refractivity contribution in [2.24, 2.45) is 5.18 Å². The maximum Gasteiger partial charge on any atom is 0.335 e. The van der Waals surface area contributed by atoms with Gasteiger partial charge in [-0.15, -0.1) is 10.0 Å². The van der Waals surface area contributed by atoms with Crippen LogP contribution in [0.5, 0.6) is 0 Å². The summed E-state index contributed by atoms with van der Waals surface area (Å²) in [7, 11) is 0. The van der Waals surface area contributed by atoms with Crippen LogP contribution in [0.1, 0.15) is 0 Å². The van der Waals surface area contributed by atoms with E-state index in [1.54, 1.807) is 12.1 Å². The summed E-state index contributed by atoms with van der Waals surface area (Å²) < 4.78 is 0. The zero-order valence-electron chi connectivity index (χ0n) is 14.4. The molecular formula is C18H15N6O3S+. The lowest BCUT2D eigenvalue weighted by Crippen LogP contribution is -2.07. The van der Waals surface area contributed by atoms with Gasteiger partial charge < -0.3 is 15.8 Å². The van der Waals surface area contributed by atoms with Gasteiger partial charge in [0, 0.05) is 10.9 Å². The van der Waals surface area contributed by atoms with Crippen molar-refractivity contribution in [3.8, 4) is 22.5 Å². The Morgan fingerprint density at radius 1 is 1.18 bits per heavy atom. The van der Waals surface area contributed by atoms with Crippen LogP contribution < -0.4 is 10.7 Å². The highest BCUT2D eigenvalue weighted by Gasteiger charge is 2.16. The zero-order valence-corrected chi connectivity index (χ0v) is 15.2. The Balaban J connectivity index is 1.73. The summed E-state index contributed by atoms with van der Waals surface area (Å²) >= 11 is 1.06. The molecule has 0 aliphatic heterocycles. The molecule has 0 fully saturated rings. The molecule has 9 nitrogen and oxygen atoms in total. The first-order valence-corrected chi connectivity index (χ1v) is 9.20. The molecule has 6 N–H and O–H groups in total. The summed E-state index contributed by atoms with van der Waals surface area (Å²) in [5.41, 5.74) is 9.38. The number of nitrogens with two attached hydrogens (primary N) is 1. The van der Waals surface area contributed by atoms with Crippen molar-refractivity contribution in [3.63, 3.8) is 0 Å². The minimum Gasteiger partial charge on any atom is -0.481 e. The Bertz CT molecular complexity index is 1200. The number of hydrogen-bond donors (Lipinski definition) is 4. The third-order valence-electron chi connectivity index (χ3n) is 4.12. The molecule has 0 amide bonds. The first-order valence-electron chi connectivity index (χ1n) is 8.21.